The Kier molecular flexibility index (Phi) is 5.73. The highest BCUT2D eigenvalue weighted by Crippen LogP contribution is 2.34. The molecule has 0 aliphatic heterocycles. The lowest BCUT2D eigenvalue weighted by molar-refractivity contribution is -0.126. The van der Waals surface area contributed by atoms with Crippen LogP contribution in [-0.4, -0.2) is 20.1 Å². The summed E-state index contributed by atoms with van der Waals surface area (Å²) in [4.78, 5) is 13.3. The van der Waals surface area contributed by atoms with Crippen LogP contribution in [0.2, 0.25) is 0 Å². The monoisotopic (exact) mass is 379 g/mol. The zero-order chi connectivity index (χ0) is 20.1. The summed E-state index contributed by atoms with van der Waals surface area (Å²) in [5, 5.41) is 3.14. The number of ether oxygens (including phenoxy) is 2. The largest absolute Gasteiger partial charge is 0.493 e. The third kappa shape index (κ3) is 3.88. The summed E-state index contributed by atoms with van der Waals surface area (Å²) in [6.45, 7) is 3.77. The predicted octanol–water partition coefficient (Wildman–Crippen LogP) is 4.48. The van der Waals surface area contributed by atoms with Gasteiger partial charge in [0.05, 0.1) is 25.9 Å². The van der Waals surface area contributed by atoms with E-state index in [1.807, 2.05) is 74.5 Å². The van der Waals surface area contributed by atoms with Crippen LogP contribution in [0, 0.1) is 0 Å². The van der Waals surface area contributed by atoms with Crippen LogP contribution in [-0.2, 0) is 10.2 Å². The first-order chi connectivity index (χ1) is 13.5. The van der Waals surface area contributed by atoms with E-state index in [-0.39, 0.29) is 11.9 Å². The summed E-state index contributed by atoms with van der Waals surface area (Å²) in [5.74, 6) is 1.78. The average molecular weight is 379 g/mol. The van der Waals surface area contributed by atoms with Gasteiger partial charge in [0.1, 0.15) is 11.8 Å². The number of amides is 1. The van der Waals surface area contributed by atoms with Crippen LogP contribution in [0.3, 0.4) is 0 Å². The van der Waals surface area contributed by atoms with Crippen LogP contribution in [0.15, 0.2) is 71.3 Å². The van der Waals surface area contributed by atoms with Crippen molar-refractivity contribution in [2.75, 3.05) is 14.2 Å². The van der Waals surface area contributed by atoms with Gasteiger partial charge >= 0.3 is 0 Å². The molecular formula is C23H25NO4. The summed E-state index contributed by atoms with van der Waals surface area (Å²) >= 11 is 0. The molecule has 146 valence electrons. The van der Waals surface area contributed by atoms with E-state index in [2.05, 4.69) is 5.32 Å². The van der Waals surface area contributed by atoms with Crippen LogP contribution in [0.1, 0.15) is 36.8 Å². The van der Waals surface area contributed by atoms with Gasteiger partial charge in [-0.15, -0.1) is 0 Å². The van der Waals surface area contributed by atoms with Crippen LogP contribution in [0.5, 0.6) is 11.5 Å². The van der Waals surface area contributed by atoms with Crippen molar-refractivity contribution in [2.45, 2.75) is 25.3 Å². The number of carbonyl (C=O) groups is 1. The predicted molar refractivity (Wildman–Crippen MR) is 108 cm³/mol. The lowest BCUT2D eigenvalue weighted by Crippen LogP contribution is -2.42. The van der Waals surface area contributed by atoms with Crippen molar-refractivity contribution in [2.24, 2.45) is 0 Å². The standard InChI is InChI=1S/C23H25NO4/c1-23(2,17-12-13-18(26-3)20(15-17)27-4)22(25)24-21(19-11-8-14-28-19)16-9-6-5-7-10-16/h5-15,21H,1-4H3,(H,24,25)/t21-/m0/s1. The van der Waals surface area contributed by atoms with Gasteiger partial charge in [0.2, 0.25) is 5.91 Å². The molecule has 5 nitrogen and oxygen atoms in total. The fraction of sp³-hybridized carbons (Fsp3) is 0.261. The minimum Gasteiger partial charge on any atom is -0.493 e. The molecule has 0 spiro atoms. The molecule has 2 aromatic carbocycles. The third-order valence-electron chi connectivity index (χ3n) is 4.91. The second-order valence-corrected chi connectivity index (χ2v) is 7.03. The van der Waals surface area contributed by atoms with Gasteiger partial charge in [-0.25, -0.2) is 0 Å². The Morgan fingerprint density at radius 2 is 1.68 bits per heavy atom. The fourth-order valence-corrected chi connectivity index (χ4v) is 3.09. The number of nitrogens with one attached hydrogen (secondary N) is 1. The van der Waals surface area contributed by atoms with E-state index in [4.69, 9.17) is 13.9 Å². The molecule has 0 radical (unpaired) electrons. The molecule has 28 heavy (non-hydrogen) atoms. The third-order valence-corrected chi connectivity index (χ3v) is 4.91. The minimum atomic E-state index is -0.792. The Bertz CT molecular complexity index is 917. The first-order valence-electron chi connectivity index (χ1n) is 9.09. The van der Waals surface area contributed by atoms with Crippen molar-refractivity contribution in [3.63, 3.8) is 0 Å². The van der Waals surface area contributed by atoms with Gasteiger partial charge in [-0.1, -0.05) is 36.4 Å². The highest BCUT2D eigenvalue weighted by Gasteiger charge is 2.33. The number of carbonyl (C=O) groups excluding carboxylic acids is 1. The van der Waals surface area contributed by atoms with Gasteiger partial charge < -0.3 is 19.2 Å². The molecule has 3 aromatic rings. The molecule has 1 N–H and O–H groups in total. The van der Waals surface area contributed by atoms with Crippen molar-refractivity contribution < 1.29 is 18.7 Å². The van der Waals surface area contributed by atoms with Gasteiger partial charge in [-0.05, 0) is 49.2 Å². The maximum absolute atomic E-state index is 13.3. The topological polar surface area (TPSA) is 60.7 Å². The maximum atomic E-state index is 13.3. The number of hydrogen-bond acceptors (Lipinski definition) is 4. The summed E-state index contributed by atoms with van der Waals surface area (Å²) < 4.78 is 16.3. The summed E-state index contributed by atoms with van der Waals surface area (Å²) in [5.41, 5.74) is 0.988. The van der Waals surface area contributed by atoms with E-state index in [1.54, 1.807) is 20.5 Å². The quantitative estimate of drug-likeness (QED) is 0.657. The van der Waals surface area contributed by atoms with Crippen LogP contribution >= 0.6 is 0 Å². The van der Waals surface area contributed by atoms with Gasteiger partial charge in [0.15, 0.2) is 11.5 Å². The van der Waals surface area contributed by atoms with E-state index in [0.29, 0.717) is 17.3 Å². The Balaban J connectivity index is 1.91. The smallest absolute Gasteiger partial charge is 0.230 e. The second kappa shape index (κ2) is 8.21. The van der Waals surface area contributed by atoms with E-state index < -0.39 is 5.41 Å². The Labute approximate surface area is 165 Å². The number of hydrogen-bond donors (Lipinski definition) is 1. The van der Waals surface area contributed by atoms with Gasteiger partial charge in [0.25, 0.3) is 0 Å². The van der Waals surface area contributed by atoms with E-state index in [0.717, 1.165) is 11.1 Å². The molecule has 1 aromatic heterocycles. The number of methoxy groups -OCH3 is 2. The van der Waals surface area contributed by atoms with Gasteiger partial charge in [-0.2, -0.15) is 0 Å². The fourth-order valence-electron chi connectivity index (χ4n) is 3.09. The molecule has 0 bridgehead atoms. The average Bonchev–Trinajstić information content (AvgIpc) is 3.26. The summed E-state index contributed by atoms with van der Waals surface area (Å²) in [6.07, 6.45) is 1.61. The van der Waals surface area contributed by atoms with Crippen molar-refractivity contribution in [1.82, 2.24) is 5.32 Å². The molecule has 1 atom stereocenters. The highest BCUT2D eigenvalue weighted by atomic mass is 16.5. The number of furan rings is 1. The van der Waals surface area contributed by atoms with Crippen LogP contribution in [0.4, 0.5) is 0 Å². The lowest BCUT2D eigenvalue weighted by Gasteiger charge is -2.28. The second-order valence-electron chi connectivity index (χ2n) is 7.03. The zero-order valence-corrected chi connectivity index (χ0v) is 16.6. The molecule has 0 unspecified atom stereocenters. The molecule has 3 rings (SSSR count). The Morgan fingerprint density at radius 1 is 0.964 bits per heavy atom. The molecule has 0 saturated heterocycles. The molecular weight excluding hydrogens is 354 g/mol. The molecule has 5 heteroatoms. The van der Waals surface area contributed by atoms with E-state index >= 15 is 0 Å². The van der Waals surface area contributed by atoms with Crippen molar-refractivity contribution in [1.29, 1.82) is 0 Å². The zero-order valence-electron chi connectivity index (χ0n) is 16.6. The van der Waals surface area contributed by atoms with Crippen LogP contribution < -0.4 is 14.8 Å². The molecule has 0 saturated carbocycles. The Hall–Kier alpha value is -3.21. The molecule has 0 aliphatic carbocycles. The highest BCUT2D eigenvalue weighted by molar-refractivity contribution is 5.88. The maximum Gasteiger partial charge on any atom is 0.230 e. The minimum absolute atomic E-state index is 0.120. The molecule has 0 fully saturated rings. The molecule has 1 amide bonds. The number of benzene rings is 2. The SMILES string of the molecule is COc1ccc(C(C)(C)C(=O)N[C@@H](c2ccccc2)c2ccco2)cc1OC. The van der Waals surface area contributed by atoms with Gasteiger partial charge in [0, 0.05) is 0 Å². The molecule has 0 aliphatic rings. The first kappa shape index (κ1) is 19.5. The summed E-state index contributed by atoms with van der Waals surface area (Å²) in [6, 6.07) is 18.6. The normalized spacial score (nSPS) is 12.3. The van der Waals surface area contributed by atoms with Crippen molar-refractivity contribution in [3.05, 3.63) is 83.8 Å². The summed E-state index contributed by atoms with van der Waals surface area (Å²) in [7, 11) is 3.17. The Morgan fingerprint density at radius 3 is 2.29 bits per heavy atom. The van der Waals surface area contributed by atoms with E-state index in [1.165, 1.54) is 0 Å². The van der Waals surface area contributed by atoms with Crippen LogP contribution in [0.25, 0.3) is 0 Å². The van der Waals surface area contributed by atoms with Crippen molar-refractivity contribution >= 4 is 5.91 Å². The number of rotatable bonds is 7. The molecule has 1 heterocycles. The first-order valence-corrected chi connectivity index (χ1v) is 9.09. The van der Waals surface area contributed by atoms with Crippen molar-refractivity contribution in [3.8, 4) is 11.5 Å². The lowest BCUT2D eigenvalue weighted by atomic mass is 9.83. The van der Waals surface area contributed by atoms with Gasteiger partial charge in [-0.3, -0.25) is 4.79 Å². The van der Waals surface area contributed by atoms with E-state index in [9.17, 15) is 4.79 Å².